The number of hydrogen-bond acceptors (Lipinski definition) is 6. The molecule has 1 aromatic heterocycles. The van der Waals surface area contributed by atoms with Crippen LogP contribution in [-0.2, 0) is 4.74 Å². The van der Waals surface area contributed by atoms with Crippen molar-refractivity contribution in [1.82, 2.24) is 4.98 Å². The summed E-state index contributed by atoms with van der Waals surface area (Å²) in [5.74, 6) is 1.01. The van der Waals surface area contributed by atoms with Crippen molar-refractivity contribution in [2.24, 2.45) is 0 Å². The zero-order valence-electron chi connectivity index (χ0n) is 13.2. The number of anilines is 2. The summed E-state index contributed by atoms with van der Waals surface area (Å²) in [5.41, 5.74) is 0.713. The second-order valence-electron chi connectivity index (χ2n) is 6.01. The molecule has 2 aliphatic heterocycles. The van der Waals surface area contributed by atoms with Gasteiger partial charge in [-0.2, -0.15) is 0 Å². The molecule has 126 valence electrons. The number of nitrogens with zero attached hydrogens (tertiary/aromatic N) is 4. The summed E-state index contributed by atoms with van der Waals surface area (Å²) < 4.78 is 19.0. The Balaban J connectivity index is 1.98. The van der Waals surface area contributed by atoms with Gasteiger partial charge in [-0.3, -0.25) is 10.1 Å². The third kappa shape index (κ3) is 3.36. The van der Waals surface area contributed by atoms with Crippen LogP contribution < -0.4 is 9.80 Å². The smallest absolute Gasteiger partial charge is 0.312 e. The van der Waals surface area contributed by atoms with Crippen LogP contribution in [0, 0.1) is 17.0 Å². The molecule has 23 heavy (non-hydrogen) atoms. The quantitative estimate of drug-likeness (QED) is 0.626. The fourth-order valence-electron chi connectivity index (χ4n) is 3.13. The third-order valence-corrected chi connectivity index (χ3v) is 4.30. The van der Waals surface area contributed by atoms with Crippen molar-refractivity contribution in [2.75, 3.05) is 49.2 Å². The van der Waals surface area contributed by atoms with E-state index < -0.39 is 11.1 Å². The Kier molecular flexibility index (Phi) is 4.61. The molecule has 0 saturated carbocycles. The largest absolute Gasteiger partial charge is 0.380 e. The Bertz CT molecular complexity index is 590. The van der Waals surface area contributed by atoms with E-state index in [2.05, 4.69) is 9.88 Å². The fourth-order valence-corrected chi connectivity index (χ4v) is 3.13. The Morgan fingerprint density at radius 3 is 2.83 bits per heavy atom. The van der Waals surface area contributed by atoms with Crippen LogP contribution in [0.3, 0.4) is 0 Å². The van der Waals surface area contributed by atoms with E-state index in [9.17, 15) is 14.5 Å². The van der Waals surface area contributed by atoms with Gasteiger partial charge in [-0.25, -0.2) is 9.37 Å². The molecular weight excluding hydrogens is 303 g/mol. The molecule has 0 bridgehead atoms. The maximum atomic E-state index is 13.5. The molecular formula is C15H21FN4O3. The average Bonchev–Trinajstić information content (AvgIpc) is 2.78. The minimum Gasteiger partial charge on any atom is -0.380 e. The van der Waals surface area contributed by atoms with E-state index in [1.165, 1.54) is 0 Å². The van der Waals surface area contributed by atoms with Crippen molar-refractivity contribution in [1.29, 1.82) is 0 Å². The molecule has 7 nitrogen and oxygen atoms in total. The lowest BCUT2D eigenvalue weighted by molar-refractivity contribution is -0.384. The van der Waals surface area contributed by atoms with Crippen LogP contribution in [0.1, 0.15) is 18.4 Å². The van der Waals surface area contributed by atoms with Crippen LogP contribution in [0.4, 0.5) is 21.7 Å². The minimum absolute atomic E-state index is 0.0496. The Morgan fingerprint density at radius 1 is 1.30 bits per heavy atom. The standard InChI is InChI=1S/C15H21FN4O3/c1-11-9-13(20(21)22)15(19-5-3-12(16)10-19)17-14(11)18-4-2-7-23-8-6-18/h9,12H,2-8,10H2,1H3/t12-/m1/s1. The van der Waals surface area contributed by atoms with Gasteiger partial charge in [0.2, 0.25) is 5.82 Å². The van der Waals surface area contributed by atoms with Crippen molar-refractivity contribution >= 4 is 17.3 Å². The van der Waals surface area contributed by atoms with Crippen LogP contribution in [0.15, 0.2) is 6.07 Å². The molecule has 2 aliphatic rings. The molecule has 3 heterocycles. The molecule has 0 N–H and O–H groups in total. The fraction of sp³-hybridized carbons (Fsp3) is 0.667. The second kappa shape index (κ2) is 6.66. The molecule has 2 fully saturated rings. The molecule has 1 aromatic rings. The van der Waals surface area contributed by atoms with Crippen LogP contribution in [0.25, 0.3) is 0 Å². The maximum Gasteiger partial charge on any atom is 0.312 e. The van der Waals surface area contributed by atoms with Gasteiger partial charge in [0.15, 0.2) is 0 Å². The number of ether oxygens (including phenoxy) is 1. The molecule has 0 aliphatic carbocycles. The van der Waals surface area contributed by atoms with Gasteiger partial charge in [0.05, 0.1) is 18.1 Å². The monoisotopic (exact) mass is 324 g/mol. The number of aryl methyl sites for hydroxylation is 1. The Hall–Kier alpha value is -1.96. The number of halogens is 1. The summed E-state index contributed by atoms with van der Waals surface area (Å²) in [5, 5.41) is 11.4. The van der Waals surface area contributed by atoms with Crippen molar-refractivity contribution in [3.05, 3.63) is 21.7 Å². The average molecular weight is 324 g/mol. The molecule has 2 saturated heterocycles. The predicted octanol–water partition coefficient (Wildman–Crippen LogP) is 2.07. The first-order valence-electron chi connectivity index (χ1n) is 7.94. The predicted molar refractivity (Wildman–Crippen MR) is 85.0 cm³/mol. The Labute approximate surface area is 134 Å². The highest BCUT2D eigenvalue weighted by Crippen LogP contribution is 2.34. The summed E-state index contributed by atoms with van der Waals surface area (Å²) in [6, 6.07) is 1.55. The van der Waals surface area contributed by atoms with Crippen molar-refractivity contribution < 1.29 is 14.1 Å². The van der Waals surface area contributed by atoms with Crippen LogP contribution in [0.2, 0.25) is 0 Å². The van der Waals surface area contributed by atoms with Crippen molar-refractivity contribution in [3.63, 3.8) is 0 Å². The zero-order chi connectivity index (χ0) is 16.4. The molecule has 1 atom stereocenters. The molecule has 0 aromatic carbocycles. The van der Waals surface area contributed by atoms with Gasteiger partial charge < -0.3 is 14.5 Å². The highest BCUT2D eigenvalue weighted by Gasteiger charge is 2.30. The van der Waals surface area contributed by atoms with Gasteiger partial charge in [0.1, 0.15) is 12.0 Å². The topological polar surface area (TPSA) is 71.7 Å². The van der Waals surface area contributed by atoms with Crippen molar-refractivity contribution in [3.8, 4) is 0 Å². The molecule has 0 amide bonds. The van der Waals surface area contributed by atoms with Gasteiger partial charge in [0.25, 0.3) is 0 Å². The van der Waals surface area contributed by atoms with Crippen LogP contribution in [-0.4, -0.2) is 55.5 Å². The van der Waals surface area contributed by atoms with E-state index in [0.717, 1.165) is 24.3 Å². The van der Waals surface area contributed by atoms with E-state index >= 15 is 0 Å². The number of pyridine rings is 1. The van der Waals surface area contributed by atoms with Gasteiger partial charge in [-0.1, -0.05) is 0 Å². The number of alkyl halides is 1. The lowest BCUT2D eigenvalue weighted by atomic mass is 10.2. The summed E-state index contributed by atoms with van der Waals surface area (Å²) >= 11 is 0. The molecule has 0 radical (unpaired) electrons. The third-order valence-electron chi connectivity index (χ3n) is 4.30. The van der Waals surface area contributed by atoms with E-state index in [-0.39, 0.29) is 18.1 Å². The summed E-state index contributed by atoms with van der Waals surface area (Å²) in [4.78, 5) is 19.3. The molecule has 8 heteroatoms. The van der Waals surface area contributed by atoms with Crippen LogP contribution in [0.5, 0.6) is 0 Å². The number of rotatable bonds is 3. The van der Waals surface area contributed by atoms with Crippen molar-refractivity contribution in [2.45, 2.75) is 25.9 Å². The van der Waals surface area contributed by atoms with E-state index in [4.69, 9.17) is 4.74 Å². The first-order chi connectivity index (χ1) is 11.1. The first-order valence-corrected chi connectivity index (χ1v) is 7.94. The lowest BCUT2D eigenvalue weighted by Gasteiger charge is -2.25. The van der Waals surface area contributed by atoms with E-state index in [1.807, 2.05) is 6.92 Å². The number of hydrogen-bond donors (Lipinski definition) is 0. The van der Waals surface area contributed by atoms with Gasteiger partial charge in [-0.15, -0.1) is 0 Å². The number of aromatic nitrogens is 1. The molecule has 3 rings (SSSR count). The highest BCUT2D eigenvalue weighted by atomic mass is 19.1. The minimum atomic E-state index is -0.951. The zero-order valence-corrected chi connectivity index (χ0v) is 13.2. The first kappa shape index (κ1) is 15.9. The normalized spacial score (nSPS) is 22.3. The summed E-state index contributed by atoms with van der Waals surface area (Å²) in [6.07, 6.45) is 0.330. The van der Waals surface area contributed by atoms with E-state index in [0.29, 0.717) is 32.7 Å². The van der Waals surface area contributed by atoms with Gasteiger partial charge in [-0.05, 0) is 25.3 Å². The molecule has 0 spiro atoms. The maximum absolute atomic E-state index is 13.5. The highest BCUT2D eigenvalue weighted by molar-refractivity contribution is 5.66. The number of nitro groups is 1. The SMILES string of the molecule is Cc1cc([N+](=O)[O-])c(N2CC[C@@H](F)C2)nc1N1CCCOCC1. The van der Waals surface area contributed by atoms with Crippen LogP contribution >= 0.6 is 0 Å². The molecule has 0 unspecified atom stereocenters. The lowest BCUT2D eigenvalue weighted by Crippen LogP contribution is -2.29. The summed E-state index contributed by atoms with van der Waals surface area (Å²) in [6.45, 7) is 5.29. The second-order valence-corrected chi connectivity index (χ2v) is 6.01. The Morgan fingerprint density at radius 2 is 2.13 bits per heavy atom. The van der Waals surface area contributed by atoms with E-state index in [1.54, 1.807) is 11.0 Å². The van der Waals surface area contributed by atoms with Gasteiger partial charge in [0, 0.05) is 32.3 Å². The summed E-state index contributed by atoms with van der Waals surface area (Å²) in [7, 11) is 0. The van der Waals surface area contributed by atoms with Gasteiger partial charge >= 0.3 is 5.69 Å².